The summed E-state index contributed by atoms with van der Waals surface area (Å²) >= 11 is 0. The molecule has 19 heavy (non-hydrogen) atoms. The monoisotopic (exact) mass is 287 g/mol. The third-order valence-electron chi connectivity index (χ3n) is 4.01. The second kappa shape index (κ2) is 6.71. The van der Waals surface area contributed by atoms with Crippen LogP contribution in [0.25, 0.3) is 0 Å². The predicted octanol–water partition coefficient (Wildman–Crippen LogP) is 3.11. The molecule has 1 aromatic heterocycles. The van der Waals surface area contributed by atoms with Gasteiger partial charge in [0, 0.05) is 17.9 Å². The fourth-order valence-electron chi connectivity index (χ4n) is 2.82. The molecule has 110 valence electrons. The molecule has 1 aliphatic rings. The summed E-state index contributed by atoms with van der Waals surface area (Å²) in [7, 11) is 1.96. The minimum Gasteiger partial charge on any atom is -0.339 e. The van der Waals surface area contributed by atoms with Crippen LogP contribution in [-0.2, 0) is 11.8 Å². The van der Waals surface area contributed by atoms with Crippen molar-refractivity contribution in [3.63, 3.8) is 0 Å². The highest BCUT2D eigenvalue weighted by Crippen LogP contribution is 2.47. The van der Waals surface area contributed by atoms with Gasteiger partial charge in [0.05, 0.1) is 0 Å². The first-order chi connectivity index (χ1) is 8.55. The topological polar surface area (TPSA) is 51.0 Å². The highest BCUT2D eigenvalue weighted by atomic mass is 35.5. The van der Waals surface area contributed by atoms with Crippen molar-refractivity contribution in [3.05, 3.63) is 11.7 Å². The van der Waals surface area contributed by atoms with E-state index < -0.39 is 0 Å². The summed E-state index contributed by atoms with van der Waals surface area (Å²) in [5, 5.41) is 7.33. The van der Waals surface area contributed by atoms with Crippen molar-refractivity contribution in [2.45, 2.75) is 64.3 Å². The second-order valence-corrected chi connectivity index (χ2v) is 6.14. The van der Waals surface area contributed by atoms with E-state index in [-0.39, 0.29) is 17.8 Å². The summed E-state index contributed by atoms with van der Waals surface area (Å²) in [6.07, 6.45) is 5.69. The summed E-state index contributed by atoms with van der Waals surface area (Å²) < 4.78 is 5.53. The Hall–Kier alpha value is -0.610. The number of nitrogens with one attached hydrogen (secondary N) is 1. The van der Waals surface area contributed by atoms with Crippen LogP contribution in [-0.4, -0.2) is 23.2 Å². The lowest BCUT2D eigenvalue weighted by Gasteiger charge is -2.39. The summed E-state index contributed by atoms with van der Waals surface area (Å²) in [6.45, 7) is 6.66. The maximum absolute atomic E-state index is 5.53. The molecule has 5 heteroatoms. The fraction of sp³-hybridized carbons (Fsp3) is 0.857. The molecule has 1 atom stereocenters. The number of aromatic nitrogens is 2. The first kappa shape index (κ1) is 16.4. The smallest absolute Gasteiger partial charge is 0.232 e. The highest BCUT2D eigenvalue weighted by Gasteiger charge is 2.43. The van der Waals surface area contributed by atoms with Crippen molar-refractivity contribution >= 4 is 12.4 Å². The zero-order chi connectivity index (χ0) is 13.2. The Labute approximate surface area is 122 Å². The van der Waals surface area contributed by atoms with Gasteiger partial charge in [-0.2, -0.15) is 4.98 Å². The number of halogens is 1. The van der Waals surface area contributed by atoms with E-state index in [1.165, 1.54) is 19.3 Å². The van der Waals surface area contributed by atoms with Gasteiger partial charge in [-0.1, -0.05) is 25.4 Å². The molecule has 0 bridgehead atoms. The van der Waals surface area contributed by atoms with Crippen molar-refractivity contribution in [2.24, 2.45) is 5.92 Å². The first-order valence-corrected chi connectivity index (χ1v) is 7.06. The van der Waals surface area contributed by atoms with Gasteiger partial charge in [-0.05, 0) is 39.2 Å². The van der Waals surface area contributed by atoms with Crippen molar-refractivity contribution in [1.82, 2.24) is 15.5 Å². The van der Waals surface area contributed by atoms with E-state index in [9.17, 15) is 0 Å². The van der Waals surface area contributed by atoms with E-state index >= 15 is 0 Å². The number of hydrogen-bond acceptors (Lipinski definition) is 4. The minimum absolute atomic E-state index is 0. The van der Waals surface area contributed by atoms with Crippen molar-refractivity contribution in [2.75, 3.05) is 7.05 Å². The molecule has 0 amide bonds. The van der Waals surface area contributed by atoms with E-state index in [2.05, 4.69) is 36.2 Å². The summed E-state index contributed by atoms with van der Waals surface area (Å²) in [5.74, 6) is 2.39. The lowest BCUT2D eigenvalue weighted by molar-refractivity contribution is 0.144. The van der Waals surface area contributed by atoms with E-state index in [1.54, 1.807) is 0 Å². The van der Waals surface area contributed by atoms with E-state index in [1.807, 2.05) is 7.05 Å². The Kier molecular flexibility index (Phi) is 5.81. The van der Waals surface area contributed by atoms with Crippen LogP contribution in [0.3, 0.4) is 0 Å². The molecule has 0 saturated heterocycles. The molecule has 1 N–H and O–H groups in total. The summed E-state index contributed by atoms with van der Waals surface area (Å²) in [4.78, 5) is 4.63. The van der Waals surface area contributed by atoms with Crippen LogP contribution in [0.5, 0.6) is 0 Å². The van der Waals surface area contributed by atoms with Gasteiger partial charge in [-0.25, -0.2) is 0 Å². The molecule has 1 aromatic rings. The maximum atomic E-state index is 5.53. The van der Waals surface area contributed by atoms with E-state index in [4.69, 9.17) is 4.52 Å². The van der Waals surface area contributed by atoms with E-state index in [0.717, 1.165) is 24.6 Å². The van der Waals surface area contributed by atoms with Gasteiger partial charge in [0.15, 0.2) is 5.82 Å². The molecule has 1 unspecified atom stereocenters. The standard InChI is InChI=1S/C14H25N3O.ClH/c1-10(2)9-14(6-5-7-14)13-16-12(17-18-13)8-11(3)15-4;/h10-11,15H,5-9H2,1-4H3;1H. The molecule has 1 saturated carbocycles. The van der Waals surface area contributed by atoms with Crippen LogP contribution in [0.4, 0.5) is 0 Å². The van der Waals surface area contributed by atoms with Gasteiger partial charge in [-0.3, -0.25) is 0 Å². The Bertz CT molecular complexity index is 388. The zero-order valence-electron chi connectivity index (χ0n) is 12.4. The van der Waals surface area contributed by atoms with E-state index in [0.29, 0.717) is 12.0 Å². The van der Waals surface area contributed by atoms with Crippen LogP contribution in [0, 0.1) is 5.92 Å². The number of rotatable bonds is 6. The van der Waals surface area contributed by atoms with Crippen LogP contribution >= 0.6 is 12.4 Å². The molecule has 4 nitrogen and oxygen atoms in total. The quantitative estimate of drug-likeness (QED) is 0.873. The molecule has 1 fully saturated rings. The lowest BCUT2D eigenvalue weighted by Crippen LogP contribution is -2.36. The lowest BCUT2D eigenvalue weighted by atomic mass is 9.64. The maximum Gasteiger partial charge on any atom is 0.232 e. The molecule has 0 aromatic carbocycles. The van der Waals surface area contributed by atoms with Crippen LogP contribution in [0.15, 0.2) is 4.52 Å². The van der Waals surface area contributed by atoms with Crippen LogP contribution in [0.2, 0.25) is 0 Å². The van der Waals surface area contributed by atoms with Crippen LogP contribution < -0.4 is 5.32 Å². The molecular weight excluding hydrogens is 262 g/mol. The average molecular weight is 288 g/mol. The third-order valence-corrected chi connectivity index (χ3v) is 4.01. The Morgan fingerprint density at radius 2 is 2.00 bits per heavy atom. The van der Waals surface area contributed by atoms with Gasteiger partial charge >= 0.3 is 0 Å². The summed E-state index contributed by atoms with van der Waals surface area (Å²) in [6, 6.07) is 0.387. The Morgan fingerprint density at radius 1 is 1.32 bits per heavy atom. The van der Waals surface area contributed by atoms with Crippen molar-refractivity contribution in [3.8, 4) is 0 Å². The van der Waals surface area contributed by atoms with Gasteiger partial charge in [0.2, 0.25) is 5.89 Å². The van der Waals surface area contributed by atoms with Gasteiger partial charge in [-0.15, -0.1) is 12.4 Å². The first-order valence-electron chi connectivity index (χ1n) is 7.06. The average Bonchev–Trinajstić information content (AvgIpc) is 2.71. The largest absolute Gasteiger partial charge is 0.339 e. The molecule has 2 rings (SSSR count). The number of likely N-dealkylation sites (N-methyl/N-ethyl adjacent to an activating group) is 1. The summed E-state index contributed by atoms with van der Waals surface area (Å²) in [5.41, 5.74) is 0.183. The molecule has 1 aliphatic carbocycles. The van der Waals surface area contributed by atoms with Crippen molar-refractivity contribution in [1.29, 1.82) is 0 Å². The van der Waals surface area contributed by atoms with Gasteiger partial charge in [0.25, 0.3) is 0 Å². The number of nitrogens with zero attached hydrogens (tertiary/aromatic N) is 2. The van der Waals surface area contributed by atoms with Gasteiger partial charge < -0.3 is 9.84 Å². The number of hydrogen-bond donors (Lipinski definition) is 1. The van der Waals surface area contributed by atoms with Gasteiger partial charge in [0.1, 0.15) is 0 Å². The predicted molar refractivity (Wildman–Crippen MR) is 78.8 cm³/mol. The molecule has 0 aliphatic heterocycles. The Morgan fingerprint density at radius 3 is 2.47 bits per heavy atom. The Balaban J connectivity index is 0.00000180. The third kappa shape index (κ3) is 3.69. The zero-order valence-corrected chi connectivity index (χ0v) is 13.2. The molecule has 0 spiro atoms. The normalized spacial score (nSPS) is 18.8. The van der Waals surface area contributed by atoms with Crippen molar-refractivity contribution < 1.29 is 4.52 Å². The minimum atomic E-state index is 0. The second-order valence-electron chi connectivity index (χ2n) is 6.14. The SMILES string of the molecule is CNC(C)Cc1noc(C2(CC(C)C)CCC2)n1.Cl. The molecule has 1 heterocycles. The highest BCUT2D eigenvalue weighted by molar-refractivity contribution is 5.85. The molecular formula is C14H26ClN3O. The fourth-order valence-corrected chi connectivity index (χ4v) is 2.82. The molecule has 0 radical (unpaired) electrons. The van der Waals surface area contributed by atoms with Crippen LogP contribution in [0.1, 0.15) is 58.2 Å².